The summed E-state index contributed by atoms with van der Waals surface area (Å²) in [6, 6.07) is 30.9. The molecule has 0 saturated heterocycles. The molecule has 122 valence electrons. The van der Waals surface area contributed by atoms with Gasteiger partial charge in [-0.1, -0.05) is 84.9 Å². The first-order valence-electron chi connectivity index (χ1n) is 8.92. The van der Waals surface area contributed by atoms with Gasteiger partial charge in [0.05, 0.1) is 5.41 Å². The summed E-state index contributed by atoms with van der Waals surface area (Å²) >= 11 is 0. The van der Waals surface area contributed by atoms with Crippen LogP contribution in [0.3, 0.4) is 0 Å². The highest BCUT2D eigenvalue weighted by Gasteiger charge is 2.51. The summed E-state index contributed by atoms with van der Waals surface area (Å²) < 4.78 is 15.0. The van der Waals surface area contributed by atoms with Crippen LogP contribution in [0.15, 0.2) is 91.0 Å². The fourth-order valence-electron chi connectivity index (χ4n) is 5.10. The molecule has 1 spiro atoms. The molecule has 0 fully saturated rings. The Morgan fingerprint density at radius 3 is 1.54 bits per heavy atom. The normalized spacial score (nSPS) is 14.7. The average Bonchev–Trinajstić information content (AvgIpc) is 3.16. The SMILES string of the molecule is Fc1cccc2c1-c1ccccc1C21c2ccccc2-c2ccccc21. The Balaban J connectivity index is 1.89. The Morgan fingerprint density at radius 1 is 0.462 bits per heavy atom. The number of benzene rings is 4. The molecular formula is C25H15F. The van der Waals surface area contributed by atoms with Gasteiger partial charge >= 0.3 is 0 Å². The van der Waals surface area contributed by atoms with E-state index in [1.54, 1.807) is 6.07 Å². The molecule has 0 unspecified atom stereocenters. The number of fused-ring (bicyclic) bond motifs is 10. The Hall–Kier alpha value is -3.19. The van der Waals surface area contributed by atoms with E-state index in [2.05, 4.69) is 72.8 Å². The first-order chi connectivity index (χ1) is 12.8. The van der Waals surface area contributed by atoms with Crippen LogP contribution in [0.2, 0.25) is 0 Å². The van der Waals surface area contributed by atoms with Crippen molar-refractivity contribution in [1.29, 1.82) is 0 Å². The second-order valence-corrected chi connectivity index (χ2v) is 7.05. The van der Waals surface area contributed by atoms with Gasteiger partial charge in [0.25, 0.3) is 0 Å². The van der Waals surface area contributed by atoms with Crippen molar-refractivity contribution in [2.75, 3.05) is 0 Å². The zero-order chi connectivity index (χ0) is 17.3. The maximum atomic E-state index is 15.0. The summed E-state index contributed by atoms with van der Waals surface area (Å²) in [7, 11) is 0. The number of halogens is 1. The third-order valence-corrected chi connectivity index (χ3v) is 5.97. The zero-order valence-electron chi connectivity index (χ0n) is 14.0. The van der Waals surface area contributed by atoms with E-state index < -0.39 is 5.41 Å². The summed E-state index contributed by atoms with van der Waals surface area (Å²) in [4.78, 5) is 0. The van der Waals surface area contributed by atoms with Gasteiger partial charge in [0.1, 0.15) is 5.82 Å². The molecule has 6 rings (SSSR count). The lowest BCUT2D eigenvalue weighted by Gasteiger charge is -2.30. The summed E-state index contributed by atoms with van der Waals surface area (Å²) in [6.07, 6.45) is 0. The van der Waals surface area contributed by atoms with Crippen LogP contribution in [0.5, 0.6) is 0 Å². The minimum atomic E-state index is -0.429. The van der Waals surface area contributed by atoms with Crippen LogP contribution in [0, 0.1) is 5.82 Å². The quantitative estimate of drug-likeness (QED) is 0.312. The van der Waals surface area contributed by atoms with Crippen LogP contribution < -0.4 is 0 Å². The van der Waals surface area contributed by atoms with E-state index in [0.717, 1.165) is 16.7 Å². The number of hydrogen-bond acceptors (Lipinski definition) is 0. The van der Waals surface area contributed by atoms with Crippen molar-refractivity contribution in [2.45, 2.75) is 5.41 Å². The van der Waals surface area contributed by atoms with E-state index in [1.807, 2.05) is 12.1 Å². The van der Waals surface area contributed by atoms with E-state index in [0.29, 0.717) is 0 Å². The molecule has 4 aromatic carbocycles. The van der Waals surface area contributed by atoms with Crippen molar-refractivity contribution in [3.05, 3.63) is 119 Å². The lowest BCUT2D eigenvalue weighted by molar-refractivity contribution is 0.629. The topological polar surface area (TPSA) is 0 Å². The van der Waals surface area contributed by atoms with Gasteiger partial charge in [0.2, 0.25) is 0 Å². The summed E-state index contributed by atoms with van der Waals surface area (Å²) in [5, 5.41) is 0. The van der Waals surface area contributed by atoms with Crippen molar-refractivity contribution in [3.8, 4) is 22.3 Å². The minimum Gasteiger partial charge on any atom is -0.206 e. The van der Waals surface area contributed by atoms with Gasteiger partial charge in [-0.05, 0) is 45.0 Å². The van der Waals surface area contributed by atoms with Crippen LogP contribution >= 0.6 is 0 Å². The molecule has 0 nitrogen and oxygen atoms in total. The van der Waals surface area contributed by atoms with Crippen molar-refractivity contribution in [3.63, 3.8) is 0 Å². The monoisotopic (exact) mass is 334 g/mol. The minimum absolute atomic E-state index is 0.145. The highest BCUT2D eigenvalue weighted by atomic mass is 19.1. The standard InChI is InChI=1S/C25H15F/c26-23-15-7-14-22-24(23)18-10-3-6-13-21(18)25(22)19-11-4-1-8-16(19)17-9-2-5-12-20(17)25/h1-15H. The van der Waals surface area contributed by atoms with Crippen molar-refractivity contribution in [1.82, 2.24) is 0 Å². The molecule has 1 heteroatoms. The summed E-state index contributed by atoms with van der Waals surface area (Å²) in [5.74, 6) is -0.145. The average molecular weight is 334 g/mol. The van der Waals surface area contributed by atoms with Crippen LogP contribution in [0.25, 0.3) is 22.3 Å². The second kappa shape index (κ2) is 4.70. The lowest BCUT2D eigenvalue weighted by Crippen LogP contribution is -2.25. The highest BCUT2D eigenvalue weighted by Crippen LogP contribution is 2.62. The lowest BCUT2D eigenvalue weighted by atomic mass is 9.70. The molecule has 0 saturated carbocycles. The molecule has 0 N–H and O–H groups in total. The predicted octanol–water partition coefficient (Wildman–Crippen LogP) is 6.17. The van der Waals surface area contributed by atoms with E-state index in [1.165, 1.54) is 27.8 Å². The van der Waals surface area contributed by atoms with Crippen LogP contribution in [0.1, 0.15) is 22.3 Å². The fraction of sp³-hybridized carbons (Fsp3) is 0.0400. The molecule has 26 heavy (non-hydrogen) atoms. The Bertz CT molecular complexity index is 1160. The largest absolute Gasteiger partial charge is 0.206 e. The van der Waals surface area contributed by atoms with Gasteiger partial charge in [-0.3, -0.25) is 0 Å². The molecule has 0 atom stereocenters. The highest BCUT2D eigenvalue weighted by molar-refractivity contribution is 5.94. The van der Waals surface area contributed by atoms with Crippen molar-refractivity contribution in [2.24, 2.45) is 0 Å². The Morgan fingerprint density at radius 2 is 0.923 bits per heavy atom. The molecule has 0 radical (unpaired) electrons. The summed E-state index contributed by atoms with van der Waals surface area (Å²) in [5.41, 5.74) is 8.54. The van der Waals surface area contributed by atoms with Gasteiger partial charge in [-0.15, -0.1) is 0 Å². The predicted molar refractivity (Wildman–Crippen MR) is 103 cm³/mol. The van der Waals surface area contributed by atoms with Crippen LogP contribution in [0.4, 0.5) is 4.39 Å². The van der Waals surface area contributed by atoms with Crippen molar-refractivity contribution >= 4 is 0 Å². The molecule has 0 heterocycles. The zero-order valence-corrected chi connectivity index (χ0v) is 14.0. The summed E-state index contributed by atoms with van der Waals surface area (Å²) in [6.45, 7) is 0. The van der Waals surface area contributed by atoms with E-state index in [4.69, 9.17) is 0 Å². The number of hydrogen-bond donors (Lipinski definition) is 0. The van der Waals surface area contributed by atoms with Crippen LogP contribution in [-0.2, 0) is 5.41 Å². The Kier molecular flexibility index (Phi) is 2.54. The van der Waals surface area contributed by atoms with E-state index in [9.17, 15) is 4.39 Å². The molecule has 2 aliphatic rings. The van der Waals surface area contributed by atoms with Gasteiger partial charge in [-0.25, -0.2) is 4.39 Å². The molecule has 4 aromatic rings. The molecule has 0 bridgehead atoms. The molecule has 0 aliphatic heterocycles. The fourth-order valence-corrected chi connectivity index (χ4v) is 5.10. The maximum Gasteiger partial charge on any atom is 0.131 e. The first kappa shape index (κ1) is 14.0. The van der Waals surface area contributed by atoms with Gasteiger partial charge < -0.3 is 0 Å². The smallest absolute Gasteiger partial charge is 0.131 e. The molecule has 0 amide bonds. The van der Waals surface area contributed by atoms with Gasteiger partial charge in [0, 0.05) is 5.56 Å². The first-order valence-corrected chi connectivity index (χ1v) is 8.92. The molecule has 0 aromatic heterocycles. The third kappa shape index (κ3) is 1.42. The Labute approximate surface area is 151 Å². The van der Waals surface area contributed by atoms with E-state index >= 15 is 0 Å². The molecule has 2 aliphatic carbocycles. The van der Waals surface area contributed by atoms with Crippen molar-refractivity contribution < 1.29 is 4.39 Å². The molecular weight excluding hydrogens is 319 g/mol. The second-order valence-electron chi connectivity index (χ2n) is 7.05. The third-order valence-electron chi connectivity index (χ3n) is 5.97. The number of rotatable bonds is 0. The van der Waals surface area contributed by atoms with Gasteiger partial charge in [-0.2, -0.15) is 0 Å². The van der Waals surface area contributed by atoms with Gasteiger partial charge in [0.15, 0.2) is 0 Å². The van der Waals surface area contributed by atoms with E-state index in [-0.39, 0.29) is 5.82 Å². The van der Waals surface area contributed by atoms with Crippen LogP contribution in [-0.4, -0.2) is 0 Å². The maximum absolute atomic E-state index is 15.0.